The zero-order valence-corrected chi connectivity index (χ0v) is 34.1. The van der Waals surface area contributed by atoms with Crippen molar-refractivity contribution in [2.45, 2.75) is 151 Å². The zero-order chi connectivity index (χ0) is 42.3. The number of alkyl halides is 3. The highest BCUT2D eigenvalue weighted by Crippen LogP contribution is 2.50. The summed E-state index contributed by atoms with van der Waals surface area (Å²) in [5.41, 5.74) is -2.15. The van der Waals surface area contributed by atoms with Crippen LogP contribution >= 0.6 is 0 Å². The number of hydrogen-bond donors (Lipinski definition) is 3. The van der Waals surface area contributed by atoms with Crippen molar-refractivity contribution >= 4 is 44.7 Å². The molecule has 3 saturated carbocycles. The van der Waals surface area contributed by atoms with Crippen molar-refractivity contribution in [3.8, 4) is 11.5 Å². The summed E-state index contributed by atoms with van der Waals surface area (Å²) in [6.07, 6.45) is 3.67. The number of halogens is 3. The number of nitrogens with zero attached hydrogens (tertiary/aromatic N) is 3. The number of carboxylic acid groups (broad SMARTS) is 1. The Morgan fingerprint density at radius 3 is 2.47 bits per heavy atom. The van der Waals surface area contributed by atoms with Gasteiger partial charge in [-0.15, -0.1) is 13.2 Å². The number of carbonyl (C=O) groups is 4. The lowest BCUT2D eigenvalue weighted by molar-refractivity contribution is -0.274. The molecule has 1 aromatic heterocycles. The van der Waals surface area contributed by atoms with Crippen molar-refractivity contribution in [3.63, 3.8) is 0 Å². The fourth-order valence-electron chi connectivity index (χ4n) is 9.62. The number of ether oxygens (including phenoxy) is 2. The second-order valence-electron chi connectivity index (χ2n) is 17.9. The fraction of sp³-hybridized carbons (Fsp3) is 0.634. The lowest BCUT2D eigenvalue weighted by Crippen LogP contribution is -2.63. The van der Waals surface area contributed by atoms with Gasteiger partial charge in [-0.3, -0.25) is 24.0 Å². The molecule has 0 unspecified atom stereocenters. The van der Waals surface area contributed by atoms with Crippen LogP contribution < -0.4 is 19.5 Å². The number of nitrogens with one attached hydrogen (secondary N) is 2. The summed E-state index contributed by atoms with van der Waals surface area (Å²) in [7, 11) is -4.06. The lowest BCUT2D eigenvalue weighted by Gasteiger charge is -2.50. The number of amides is 4. The number of allylic oxidation sites excluding steroid dienone is 1. The molecule has 4 fully saturated rings. The van der Waals surface area contributed by atoms with Gasteiger partial charge in [-0.05, 0) is 110 Å². The second-order valence-corrected chi connectivity index (χ2v) is 20.1. The van der Waals surface area contributed by atoms with Crippen LogP contribution in [0.15, 0.2) is 30.4 Å². The fourth-order valence-corrected chi connectivity index (χ4v) is 10.9. The van der Waals surface area contributed by atoms with Gasteiger partial charge in [-0.2, -0.15) is 0 Å². The Labute approximate surface area is 340 Å². The van der Waals surface area contributed by atoms with Crippen molar-refractivity contribution < 1.29 is 55.3 Å². The van der Waals surface area contributed by atoms with Crippen LogP contribution in [0.1, 0.15) is 109 Å². The van der Waals surface area contributed by atoms with Gasteiger partial charge in [0.1, 0.15) is 34.7 Å². The summed E-state index contributed by atoms with van der Waals surface area (Å²) in [5, 5.41) is 13.9. The molecule has 3 aliphatic carbocycles. The topological polar surface area (TPSA) is 185 Å². The molecule has 3 N–H and O–H groups in total. The number of carbonyl (C=O) groups excluding carboxylic acids is 3. The molecule has 3 aliphatic heterocycles. The number of aromatic nitrogens is 1. The number of pyridine rings is 1. The smallest absolute Gasteiger partial charge is 0.483 e. The molecule has 1 saturated heterocycles. The van der Waals surface area contributed by atoms with E-state index in [1.54, 1.807) is 13.8 Å². The Morgan fingerprint density at radius 2 is 1.81 bits per heavy atom. The van der Waals surface area contributed by atoms with Crippen molar-refractivity contribution in [1.29, 1.82) is 0 Å². The summed E-state index contributed by atoms with van der Waals surface area (Å²) >= 11 is 0. The number of hydrogen-bond acceptors (Lipinski definition) is 9. The molecule has 1 spiro atoms. The average Bonchev–Trinajstić information content (AvgIpc) is 4.03. The zero-order valence-electron chi connectivity index (χ0n) is 33.3. The van der Waals surface area contributed by atoms with Crippen molar-refractivity contribution in [2.75, 3.05) is 6.54 Å². The van der Waals surface area contributed by atoms with Crippen LogP contribution in [0.2, 0.25) is 0 Å². The van der Waals surface area contributed by atoms with Gasteiger partial charge in [0.15, 0.2) is 0 Å². The quantitative estimate of drug-likeness (QED) is 0.301. The molecule has 18 heteroatoms. The van der Waals surface area contributed by atoms with Crippen LogP contribution in [0, 0.1) is 12.8 Å². The first-order chi connectivity index (χ1) is 27.7. The first kappa shape index (κ1) is 41.1. The normalized spacial score (nSPS) is 30.5. The first-order valence-corrected chi connectivity index (χ1v) is 21.9. The predicted molar refractivity (Wildman–Crippen MR) is 207 cm³/mol. The van der Waals surface area contributed by atoms with E-state index in [1.807, 2.05) is 19.1 Å². The highest BCUT2D eigenvalue weighted by Gasteiger charge is 2.64. The molecule has 2 aromatic rings. The number of sulfonamides is 1. The van der Waals surface area contributed by atoms with Crippen LogP contribution in [-0.4, -0.2) is 98.5 Å². The van der Waals surface area contributed by atoms with Gasteiger partial charge >= 0.3 is 12.5 Å². The van der Waals surface area contributed by atoms with Crippen molar-refractivity contribution in [1.82, 2.24) is 24.8 Å². The van der Waals surface area contributed by atoms with E-state index in [2.05, 4.69) is 19.8 Å². The predicted octanol–water partition coefficient (Wildman–Crippen LogP) is 5.79. The molecular formula is C41H50F3N5O9S. The van der Waals surface area contributed by atoms with Gasteiger partial charge in [-0.1, -0.05) is 25.0 Å². The van der Waals surface area contributed by atoms with Crippen LogP contribution in [0.3, 0.4) is 0 Å². The number of benzene rings is 1. The van der Waals surface area contributed by atoms with Crippen molar-refractivity contribution in [2.24, 2.45) is 5.92 Å². The van der Waals surface area contributed by atoms with Crippen LogP contribution in [0.4, 0.5) is 18.0 Å². The molecule has 4 heterocycles. The molecule has 320 valence electrons. The SMILES string of the molecule is Cc1nc2ccc(OC(F)(F)F)cc2c2c1O[C@]1(CC2)C[C@H]2C(=O)N[C@]3(C(=O)NS(=O)(=O)C4(C)CC4)C[C@H]3/C=C\CCCCC[C@H](N(C(=O)O)C3(C)CCC3)C(=O)N2C1. The number of aryl methyl sites for hydroxylation is 2. The third kappa shape index (κ3) is 7.47. The molecule has 1 aromatic carbocycles. The Balaban J connectivity index is 1.17. The number of rotatable bonds is 6. The van der Waals surface area contributed by atoms with Crippen LogP contribution in [0.5, 0.6) is 11.5 Å². The van der Waals surface area contributed by atoms with Gasteiger partial charge in [0.25, 0.3) is 5.91 Å². The van der Waals surface area contributed by atoms with Gasteiger partial charge in [0.05, 0.1) is 22.5 Å². The average molecular weight is 846 g/mol. The maximum absolute atomic E-state index is 15.1. The molecule has 59 heavy (non-hydrogen) atoms. The minimum absolute atomic E-state index is 0.0651. The van der Waals surface area contributed by atoms with Crippen LogP contribution in [0.25, 0.3) is 10.9 Å². The van der Waals surface area contributed by atoms with E-state index in [9.17, 15) is 41.1 Å². The minimum atomic E-state index is -4.91. The van der Waals surface area contributed by atoms with Gasteiger partial charge in [-0.25, -0.2) is 18.2 Å². The molecule has 4 amide bonds. The van der Waals surface area contributed by atoms with E-state index >= 15 is 4.79 Å². The maximum Gasteiger partial charge on any atom is 0.573 e. The van der Waals surface area contributed by atoms with E-state index in [0.29, 0.717) is 72.9 Å². The molecule has 5 atom stereocenters. The highest BCUT2D eigenvalue weighted by molar-refractivity contribution is 7.91. The molecule has 0 radical (unpaired) electrons. The molecular weight excluding hydrogens is 796 g/mol. The molecule has 14 nitrogen and oxygen atoms in total. The highest BCUT2D eigenvalue weighted by atomic mass is 32.2. The van der Waals surface area contributed by atoms with E-state index in [0.717, 1.165) is 12.8 Å². The third-order valence-corrected chi connectivity index (χ3v) is 15.8. The van der Waals surface area contributed by atoms with E-state index in [-0.39, 0.29) is 38.6 Å². The standard InChI is InChI=1S/C41H50F3N5O9S/c1-24-32-27(28-20-26(57-41(42,43)44)12-13-29(28)45-24)14-17-39(58-32)22-31-33(50)46-40(35(52)47-59(55,56)38(3)18-19-38)21-25(40)10-7-5-4-6-8-11-30(34(51)48(31)23-39)49(36(53)54)37(2)15-9-16-37/h7,10,12-13,20,25,30-31H,4-6,8-9,11,14-19,21-23H2,1-3H3,(H,46,50)(H,47,52)(H,53,54)/b10-7-/t25-,30+,31+,39-,40-/m1/s1. The summed E-state index contributed by atoms with van der Waals surface area (Å²) in [5.74, 6) is -2.78. The summed E-state index contributed by atoms with van der Waals surface area (Å²) < 4.78 is 78.1. The largest absolute Gasteiger partial charge is 0.573 e. The van der Waals surface area contributed by atoms with Gasteiger partial charge < -0.3 is 24.8 Å². The maximum atomic E-state index is 15.1. The first-order valence-electron chi connectivity index (χ1n) is 20.5. The Morgan fingerprint density at radius 1 is 1.07 bits per heavy atom. The minimum Gasteiger partial charge on any atom is -0.483 e. The molecule has 8 rings (SSSR count). The van der Waals surface area contributed by atoms with E-state index in [4.69, 9.17) is 4.74 Å². The number of fused-ring (bicyclic) bond motifs is 5. The third-order valence-electron chi connectivity index (χ3n) is 13.7. The summed E-state index contributed by atoms with van der Waals surface area (Å²) in [6.45, 7) is 4.95. The van der Waals surface area contributed by atoms with E-state index in [1.165, 1.54) is 28.0 Å². The Hall–Kier alpha value is -4.61. The Kier molecular flexibility index (Phi) is 9.94. The Bertz CT molecular complexity index is 2240. The van der Waals surface area contributed by atoms with Gasteiger partial charge in [0.2, 0.25) is 21.8 Å². The molecule has 6 aliphatic rings. The van der Waals surface area contributed by atoms with E-state index < -0.39 is 85.4 Å². The summed E-state index contributed by atoms with van der Waals surface area (Å²) in [4.78, 5) is 64.2. The second kappa shape index (κ2) is 14.3. The molecule has 0 bridgehead atoms. The van der Waals surface area contributed by atoms with Crippen LogP contribution in [-0.2, 0) is 30.8 Å². The van der Waals surface area contributed by atoms with Crippen molar-refractivity contribution in [3.05, 3.63) is 41.6 Å². The van der Waals surface area contributed by atoms with Gasteiger partial charge in [0, 0.05) is 28.8 Å². The lowest BCUT2D eigenvalue weighted by atomic mass is 9.76. The summed E-state index contributed by atoms with van der Waals surface area (Å²) in [6, 6.07) is 1.49. The monoisotopic (exact) mass is 845 g/mol.